The molecule has 0 saturated heterocycles. The lowest BCUT2D eigenvalue weighted by Gasteiger charge is -2.06. The van der Waals surface area contributed by atoms with Crippen LogP contribution >= 0.6 is 0 Å². The van der Waals surface area contributed by atoms with Gasteiger partial charge >= 0.3 is 0 Å². The first-order valence-electron chi connectivity index (χ1n) is 5.88. The van der Waals surface area contributed by atoms with E-state index in [1.54, 1.807) is 16.9 Å². The topological polar surface area (TPSA) is 64.9 Å². The van der Waals surface area contributed by atoms with E-state index >= 15 is 0 Å². The summed E-state index contributed by atoms with van der Waals surface area (Å²) in [6.45, 7) is 5.15. The Morgan fingerprint density at radius 2 is 2.28 bits per heavy atom. The van der Waals surface area contributed by atoms with Crippen molar-refractivity contribution in [3.05, 3.63) is 29.7 Å². The third kappa shape index (κ3) is 2.97. The maximum absolute atomic E-state index is 5.32. The number of rotatable bonds is 5. The van der Waals surface area contributed by atoms with Crippen LogP contribution in [0.15, 0.2) is 18.5 Å². The zero-order valence-electron chi connectivity index (χ0n) is 10.8. The molecule has 0 aliphatic rings. The number of nitrogens with zero attached hydrogens (tertiary/aromatic N) is 4. The van der Waals surface area contributed by atoms with Gasteiger partial charge in [-0.25, -0.2) is 4.98 Å². The lowest BCUT2D eigenvalue weighted by atomic mass is 10.3. The van der Waals surface area contributed by atoms with Crippen LogP contribution in [0.4, 0.5) is 5.95 Å². The average molecular weight is 247 g/mol. The highest BCUT2D eigenvalue weighted by atomic mass is 16.5. The summed E-state index contributed by atoms with van der Waals surface area (Å²) in [4.78, 5) is 8.39. The van der Waals surface area contributed by atoms with Gasteiger partial charge in [0.15, 0.2) is 0 Å². The Labute approximate surface area is 106 Å². The molecule has 0 unspecified atom stereocenters. The van der Waals surface area contributed by atoms with E-state index in [0.29, 0.717) is 25.0 Å². The molecule has 0 aliphatic carbocycles. The first-order valence-corrected chi connectivity index (χ1v) is 5.88. The van der Waals surface area contributed by atoms with Crippen LogP contribution in [0.2, 0.25) is 0 Å². The second-order valence-electron chi connectivity index (χ2n) is 3.92. The predicted molar refractivity (Wildman–Crippen MR) is 68.5 cm³/mol. The summed E-state index contributed by atoms with van der Waals surface area (Å²) in [6, 6.07) is 1.74. The molecule has 2 heterocycles. The van der Waals surface area contributed by atoms with Gasteiger partial charge in [-0.15, -0.1) is 0 Å². The largest absolute Gasteiger partial charge is 0.478 e. The fraction of sp³-hybridized carbons (Fsp3) is 0.417. The van der Waals surface area contributed by atoms with Crippen molar-refractivity contribution in [3.8, 4) is 5.88 Å². The second-order valence-corrected chi connectivity index (χ2v) is 3.92. The van der Waals surface area contributed by atoms with E-state index < -0.39 is 0 Å². The Morgan fingerprint density at radius 1 is 1.44 bits per heavy atom. The SMILES string of the molecule is CCOc1ccnc(NCc2cn(C)nc2C)n1. The normalized spacial score (nSPS) is 10.4. The van der Waals surface area contributed by atoms with Gasteiger partial charge in [-0.05, 0) is 13.8 Å². The summed E-state index contributed by atoms with van der Waals surface area (Å²) >= 11 is 0. The van der Waals surface area contributed by atoms with Crippen molar-refractivity contribution in [3.63, 3.8) is 0 Å². The molecule has 0 radical (unpaired) electrons. The zero-order chi connectivity index (χ0) is 13.0. The molecule has 0 aromatic carbocycles. The summed E-state index contributed by atoms with van der Waals surface area (Å²) in [5.74, 6) is 1.14. The highest BCUT2D eigenvalue weighted by molar-refractivity contribution is 5.30. The highest BCUT2D eigenvalue weighted by Gasteiger charge is 2.04. The number of aryl methyl sites for hydroxylation is 2. The van der Waals surface area contributed by atoms with Gasteiger partial charge in [0.2, 0.25) is 11.8 Å². The van der Waals surface area contributed by atoms with Crippen molar-refractivity contribution in [1.82, 2.24) is 19.7 Å². The van der Waals surface area contributed by atoms with Gasteiger partial charge in [-0.1, -0.05) is 0 Å². The number of hydrogen-bond acceptors (Lipinski definition) is 5. The summed E-state index contributed by atoms with van der Waals surface area (Å²) < 4.78 is 7.11. The Hall–Kier alpha value is -2.11. The van der Waals surface area contributed by atoms with Crippen molar-refractivity contribution in [2.24, 2.45) is 7.05 Å². The van der Waals surface area contributed by atoms with Gasteiger partial charge in [0.05, 0.1) is 12.3 Å². The van der Waals surface area contributed by atoms with Crippen LogP contribution in [0.1, 0.15) is 18.2 Å². The molecule has 2 aromatic heterocycles. The molecule has 0 atom stereocenters. The molecule has 0 saturated carbocycles. The molecule has 2 rings (SSSR count). The lowest BCUT2D eigenvalue weighted by Crippen LogP contribution is -2.05. The van der Waals surface area contributed by atoms with E-state index in [4.69, 9.17) is 4.74 Å². The number of nitrogens with one attached hydrogen (secondary N) is 1. The van der Waals surface area contributed by atoms with Crippen LogP contribution in [0, 0.1) is 6.92 Å². The summed E-state index contributed by atoms with van der Waals surface area (Å²) in [5, 5.41) is 7.44. The molecule has 18 heavy (non-hydrogen) atoms. The van der Waals surface area contributed by atoms with Crippen LogP contribution < -0.4 is 10.1 Å². The van der Waals surface area contributed by atoms with E-state index in [-0.39, 0.29) is 0 Å². The van der Waals surface area contributed by atoms with Gasteiger partial charge in [0.25, 0.3) is 0 Å². The summed E-state index contributed by atoms with van der Waals surface area (Å²) in [5.41, 5.74) is 2.13. The molecule has 0 aliphatic heterocycles. The quantitative estimate of drug-likeness (QED) is 0.868. The predicted octanol–water partition coefficient (Wildman–Crippen LogP) is 1.53. The Bertz CT molecular complexity index is 523. The van der Waals surface area contributed by atoms with Crippen LogP contribution in [-0.2, 0) is 13.6 Å². The minimum Gasteiger partial charge on any atom is -0.478 e. The first-order chi connectivity index (χ1) is 8.69. The third-order valence-corrected chi connectivity index (χ3v) is 2.47. The summed E-state index contributed by atoms with van der Waals surface area (Å²) in [6.07, 6.45) is 3.66. The minimum absolute atomic E-state index is 0.559. The molecule has 0 fully saturated rings. The fourth-order valence-electron chi connectivity index (χ4n) is 1.65. The Balaban J connectivity index is 2.01. The van der Waals surface area contributed by atoms with E-state index in [2.05, 4.69) is 20.4 Å². The highest BCUT2D eigenvalue weighted by Crippen LogP contribution is 2.10. The molecule has 0 bridgehead atoms. The van der Waals surface area contributed by atoms with Gasteiger partial charge in [-0.3, -0.25) is 4.68 Å². The summed E-state index contributed by atoms with van der Waals surface area (Å²) in [7, 11) is 1.91. The van der Waals surface area contributed by atoms with Crippen molar-refractivity contribution < 1.29 is 4.74 Å². The minimum atomic E-state index is 0.559. The Kier molecular flexibility index (Phi) is 3.76. The molecule has 1 N–H and O–H groups in total. The van der Waals surface area contributed by atoms with Gasteiger partial charge in [0, 0.05) is 37.6 Å². The number of ether oxygens (including phenoxy) is 1. The van der Waals surface area contributed by atoms with Crippen LogP contribution in [0.3, 0.4) is 0 Å². The molecular weight excluding hydrogens is 230 g/mol. The number of anilines is 1. The van der Waals surface area contributed by atoms with Crippen LogP contribution in [-0.4, -0.2) is 26.4 Å². The van der Waals surface area contributed by atoms with E-state index in [0.717, 1.165) is 11.3 Å². The molecule has 0 spiro atoms. The molecule has 0 amide bonds. The van der Waals surface area contributed by atoms with Crippen molar-refractivity contribution >= 4 is 5.95 Å². The van der Waals surface area contributed by atoms with E-state index in [1.165, 1.54) is 0 Å². The molecule has 2 aromatic rings. The monoisotopic (exact) mass is 247 g/mol. The van der Waals surface area contributed by atoms with Gasteiger partial charge in [-0.2, -0.15) is 10.1 Å². The molecular formula is C12H17N5O. The maximum Gasteiger partial charge on any atom is 0.226 e. The average Bonchev–Trinajstić information content (AvgIpc) is 2.66. The second kappa shape index (κ2) is 5.48. The van der Waals surface area contributed by atoms with E-state index in [1.807, 2.05) is 27.1 Å². The smallest absolute Gasteiger partial charge is 0.226 e. The van der Waals surface area contributed by atoms with Crippen molar-refractivity contribution in [2.45, 2.75) is 20.4 Å². The van der Waals surface area contributed by atoms with Crippen LogP contribution in [0.5, 0.6) is 5.88 Å². The number of hydrogen-bond donors (Lipinski definition) is 1. The van der Waals surface area contributed by atoms with Gasteiger partial charge < -0.3 is 10.1 Å². The van der Waals surface area contributed by atoms with Crippen molar-refractivity contribution in [2.75, 3.05) is 11.9 Å². The zero-order valence-corrected chi connectivity index (χ0v) is 10.8. The first kappa shape index (κ1) is 12.3. The standard InChI is InChI=1S/C12H17N5O/c1-4-18-11-5-6-13-12(15-11)14-7-10-8-17(3)16-9(10)2/h5-6,8H,4,7H2,1-3H3,(H,13,14,15). The maximum atomic E-state index is 5.32. The molecule has 6 nitrogen and oxygen atoms in total. The third-order valence-electron chi connectivity index (χ3n) is 2.47. The number of aromatic nitrogens is 4. The molecule has 96 valence electrons. The lowest BCUT2D eigenvalue weighted by molar-refractivity contribution is 0.326. The van der Waals surface area contributed by atoms with E-state index in [9.17, 15) is 0 Å². The molecule has 6 heteroatoms. The fourth-order valence-corrected chi connectivity index (χ4v) is 1.65. The van der Waals surface area contributed by atoms with Gasteiger partial charge in [0.1, 0.15) is 0 Å². The Morgan fingerprint density at radius 3 is 2.94 bits per heavy atom. The van der Waals surface area contributed by atoms with Crippen LogP contribution in [0.25, 0.3) is 0 Å². The van der Waals surface area contributed by atoms with Crippen molar-refractivity contribution in [1.29, 1.82) is 0 Å².